The number of anilines is 2. The third-order valence-electron chi connectivity index (χ3n) is 5.35. The topological polar surface area (TPSA) is 95.6 Å². The van der Waals surface area contributed by atoms with Gasteiger partial charge in [0.25, 0.3) is 5.91 Å². The van der Waals surface area contributed by atoms with Crippen LogP contribution < -0.4 is 14.8 Å². The van der Waals surface area contributed by atoms with Gasteiger partial charge >= 0.3 is 0 Å². The third-order valence-corrected chi connectivity index (χ3v) is 5.35. The predicted octanol–water partition coefficient (Wildman–Crippen LogP) is 2.38. The molecule has 0 fully saturated rings. The number of likely N-dealkylation sites (N-methyl/N-ethyl adjacent to an activating group) is 2. The van der Waals surface area contributed by atoms with Crippen molar-refractivity contribution in [3.05, 3.63) is 36.3 Å². The summed E-state index contributed by atoms with van der Waals surface area (Å²) in [4.78, 5) is 28.6. The maximum absolute atomic E-state index is 12.5. The number of H-pyrrole nitrogens is 1. The van der Waals surface area contributed by atoms with Crippen molar-refractivity contribution in [2.75, 3.05) is 45.7 Å². The first-order valence-corrected chi connectivity index (χ1v) is 9.94. The molecule has 3 aromatic rings. The van der Waals surface area contributed by atoms with Gasteiger partial charge in [0.05, 0.1) is 12.5 Å². The summed E-state index contributed by atoms with van der Waals surface area (Å²) in [7, 11) is 3.37. The van der Waals surface area contributed by atoms with Gasteiger partial charge in [0.1, 0.15) is 17.8 Å². The molecule has 2 N–H and O–H groups in total. The van der Waals surface area contributed by atoms with Crippen molar-refractivity contribution in [2.24, 2.45) is 0 Å². The van der Waals surface area contributed by atoms with E-state index < -0.39 is 0 Å². The van der Waals surface area contributed by atoms with Gasteiger partial charge in [0, 0.05) is 44.6 Å². The standard InChI is InChI=1S/C21H26N6O3/c1-4-27-8-7-26(2)18(28)12-30-17-9-15(5-6-16(17)29-3)25-21-19-14(11-27)10-22-20(19)23-13-24-21/h5-6,9-10,13H,4,7-8,11-12H2,1-3H3,(H2,22,23,24,25). The summed E-state index contributed by atoms with van der Waals surface area (Å²) in [5.41, 5.74) is 2.66. The number of carbonyl (C=O) groups is 1. The third kappa shape index (κ3) is 4.02. The number of amides is 1. The molecule has 0 unspecified atom stereocenters. The van der Waals surface area contributed by atoms with Gasteiger partial charge in [0.15, 0.2) is 18.1 Å². The molecule has 30 heavy (non-hydrogen) atoms. The maximum Gasteiger partial charge on any atom is 0.260 e. The van der Waals surface area contributed by atoms with E-state index in [9.17, 15) is 4.79 Å². The summed E-state index contributed by atoms with van der Waals surface area (Å²) in [5.74, 6) is 1.69. The Balaban J connectivity index is 1.78. The van der Waals surface area contributed by atoms with E-state index in [1.54, 1.807) is 25.1 Å². The molecular formula is C21H26N6O3. The molecule has 0 saturated heterocycles. The number of nitrogens with zero attached hydrogens (tertiary/aromatic N) is 4. The van der Waals surface area contributed by atoms with Gasteiger partial charge in [-0.3, -0.25) is 9.69 Å². The molecule has 9 nitrogen and oxygen atoms in total. The molecule has 0 spiro atoms. The summed E-state index contributed by atoms with van der Waals surface area (Å²) in [6.45, 7) is 5.00. The van der Waals surface area contributed by atoms with Crippen molar-refractivity contribution in [1.29, 1.82) is 0 Å². The second-order valence-electron chi connectivity index (χ2n) is 7.22. The molecule has 158 valence electrons. The molecule has 0 radical (unpaired) electrons. The zero-order valence-electron chi connectivity index (χ0n) is 17.4. The van der Waals surface area contributed by atoms with E-state index in [0.717, 1.165) is 41.9 Å². The molecule has 0 aliphatic carbocycles. The lowest BCUT2D eigenvalue weighted by molar-refractivity contribution is -0.132. The van der Waals surface area contributed by atoms with Gasteiger partial charge in [-0.15, -0.1) is 0 Å². The number of hydrogen-bond acceptors (Lipinski definition) is 7. The number of methoxy groups -OCH3 is 1. The molecule has 0 atom stereocenters. The molecule has 1 amide bonds. The van der Waals surface area contributed by atoms with Crippen LogP contribution in [0.2, 0.25) is 0 Å². The molecule has 1 aromatic carbocycles. The Morgan fingerprint density at radius 2 is 2.13 bits per heavy atom. The first-order chi connectivity index (χ1) is 14.6. The minimum absolute atomic E-state index is 0.0551. The Morgan fingerprint density at radius 1 is 1.27 bits per heavy atom. The minimum atomic E-state index is -0.0838. The van der Waals surface area contributed by atoms with Crippen LogP contribution in [0.15, 0.2) is 30.7 Å². The van der Waals surface area contributed by atoms with Crippen molar-refractivity contribution in [3.8, 4) is 11.5 Å². The normalized spacial score (nSPS) is 15.8. The average molecular weight is 410 g/mol. The minimum Gasteiger partial charge on any atom is -0.493 e. The Labute approximate surface area is 175 Å². The van der Waals surface area contributed by atoms with Crippen LogP contribution in [0, 0.1) is 0 Å². The van der Waals surface area contributed by atoms with Crippen LogP contribution in [0.25, 0.3) is 11.0 Å². The number of carbonyl (C=O) groups excluding carboxylic acids is 1. The summed E-state index contributed by atoms with van der Waals surface area (Å²) < 4.78 is 11.2. The van der Waals surface area contributed by atoms with E-state index in [1.165, 1.54) is 6.33 Å². The van der Waals surface area contributed by atoms with Crippen LogP contribution in [0.3, 0.4) is 0 Å². The van der Waals surface area contributed by atoms with Gasteiger partial charge in [-0.25, -0.2) is 9.97 Å². The number of rotatable bonds is 2. The molecule has 0 saturated carbocycles. The molecule has 2 aromatic heterocycles. The van der Waals surface area contributed by atoms with Crippen LogP contribution in [0.4, 0.5) is 11.5 Å². The lowest BCUT2D eigenvalue weighted by Crippen LogP contribution is -2.38. The molecule has 2 bridgehead atoms. The molecule has 9 heteroatoms. The van der Waals surface area contributed by atoms with Crippen LogP contribution in [0.1, 0.15) is 12.5 Å². The number of benzene rings is 1. The van der Waals surface area contributed by atoms with Gasteiger partial charge < -0.3 is 24.7 Å². The predicted molar refractivity (Wildman–Crippen MR) is 114 cm³/mol. The Bertz CT molecular complexity index is 1050. The molecule has 3 heterocycles. The van der Waals surface area contributed by atoms with Crippen LogP contribution >= 0.6 is 0 Å². The maximum atomic E-state index is 12.5. The van der Waals surface area contributed by atoms with Crippen LogP contribution in [-0.4, -0.2) is 71.1 Å². The Morgan fingerprint density at radius 3 is 2.93 bits per heavy atom. The number of nitrogens with one attached hydrogen (secondary N) is 2. The highest BCUT2D eigenvalue weighted by Crippen LogP contribution is 2.33. The number of hydrogen-bond donors (Lipinski definition) is 2. The Kier molecular flexibility index (Phi) is 5.71. The monoisotopic (exact) mass is 410 g/mol. The highest BCUT2D eigenvalue weighted by molar-refractivity contribution is 5.92. The van der Waals surface area contributed by atoms with Crippen LogP contribution in [0.5, 0.6) is 11.5 Å². The fraction of sp³-hybridized carbons (Fsp3) is 0.381. The lowest BCUT2D eigenvalue weighted by Gasteiger charge is -2.24. The van der Waals surface area contributed by atoms with E-state index in [0.29, 0.717) is 23.9 Å². The van der Waals surface area contributed by atoms with Gasteiger partial charge in [-0.2, -0.15) is 0 Å². The molecule has 1 aliphatic rings. The summed E-state index contributed by atoms with van der Waals surface area (Å²) in [6.07, 6.45) is 3.51. The number of ether oxygens (including phenoxy) is 2. The zero-order chi connectivity index (χ0) is 21.1. The van der Waals surface area contributed by atoms with Crippen molar-refractivity contribution in [2.45, 2.75) is 13.5 Å². The van der Waals surface area contributed by atoms with Crippen LogP contribution in [-0.2, 0) is 11.3 Å². The lowest BCUT2D eigenvalue weighted by atomic mass is 10.2. The molecule has 4 rings (SSSR count). The summed E-state index contributed by atoms with van der Waals surface area (Å²) in [5, 5.41) is 4.32. The van der Waals surface area contributed by atoms with Crippen molar-refractivity contribution < 1.29 is 14.3 Å². The highest BCUT2D eigenvalue weighted by Gasteiger charge is 2.18. The summed E-state index contributed by atoms with van der Waals surface area (Å²) in [6, 6.07) is 5.50. The van der Waals surface area contributed by atoms with Crippen molar-refractivity contribution in [1.82, 2.24) is 24.8 Å². The van der Waals surface area contributed by atoms with E-state index >= 15 is 0 Å². The fourth-order valence-electron chi connectivity index (χ4n) is 3.51. The number of aromatic amines is 1. The van der Waals surface area contributed by atoms with E-state index in [-0.39, 0.29) is 12.5 Å². The second-order valence-corrected chi connectivity index (χ2v) is 7.22. The van der Waals surface area contributed by atoms with Gasteiger partial charge in [-0.1, -0.05) is 6.92 Å². The zero-order valence-corrected chi connectivity index (χ0v) is 17.4. The van der Waals surface area contributed by atoms with Gasteiger partial charge in [0.2, 0.25) is 0 Å². The summed E-state index contributed by atoms with van der Waals surface area (Å²) >= 11 is 0. The second kappa shape index (κ2) is 8.58. The molecular weight excluding hydrogens is 384 g/mol. The van der Waals surface area contributed by atoms with E-state index in [1.807, 2.05) is 18.3 Å². The SMILES string of the molecule is CCN1CCN(C)C(=O)COc2cc(ccc2OC)Nc2ncnc3[nH]cc(c23)C1. The van der Waals surface area contributed by atoms with Gasteiger partial charge in [-0.05, 0) is 24.2 Å². The quantitative estimate of drug-likeness (QED) is 0.670. The first kappa shape index (κ1) is 20.0. The largest absolute Gasteiger partial charge is 0.493 e. The van der Waals surface area contributed by atoms with Crippen molar-refractivity contribution >= 4 is 28.4 Å². The van der Waals surface area contributed by atoms with Crippen molar-refractivity contribution in [3.63, 3.8) is 0 Å². The average Bonchev–Trinajstić information content (AvgIpc) is 3.18. The Hall–Kier alpha value is -3.33. The fourth-order valence-corrected chi connectivity index (χ4v) is 3.51. The smallest absolute Gasteiger partial charge is 0.260 e. The van der Waals surface area contributed by atoms with E-state index in [2.05, 4.69) is 32.1 Å². The highest BCUT2D eigenvalue weighted by atomic mass is 16.5. The first-order valence-electron chi connectivity index (χ1n) is 9.94. The number of aromatic nitrogens is 3. The molecule has 1 aliphatic heterocycles. The van der Waals surface area contributed by atoms with E-state index in [4.69, 9.17) is 9.47 Å². The number of fused-ring (bicyclic) bond motifs is 2.